The first kappa shape index (κ1) is 24.9. The molecule has 0 saturated carbocycles. The maximum absolute atomic E-state index is 12.9. The van der Waals surface area contributed by atoms with Gasteiger partial charge in [0.05, 0.1) is 13.2 Å². The second kappa shape index (κ2) is 11.2. The number of carbonyl (C=O) groups excluding carboxylic acids is 1. The second-order valence-corrected chi connectivity index (χ2v) is 10.5. The molecule has 4 aromatic rings. The van der Waals surface area contributed by atoms with Crippen LogP contribution in [0.2, 0.25) is 0 Å². The van der Waals surface area contributed by atoms with Gasteiger partial charge in [0.2, 0.25) is 0 Å². The van der Waals surface area contributed by atoms with E-state index in [2.05, 4.69) is 52.3 Å². The van der Waals surface area contributed by atoms with Crippen LogP contribution in [0, 0.1) is 0 Å². The quantitative estimate of drug-likeness (QED) is 0.383. The molecule has 2 N–H and O–H groups in total. The summed E-state index contributed by atoms with van der Waals surface area (Å²) in [7, 11) is 0. The van der Waals surface area contributed by atoms with Crippen LogP contribution in [0.25, 0.3) is 21.7 Å². The van der Waals surface area contributed by atoms with Crippen molar-refractivity contribution < 1.29 is 19.4 Å². The smallest absolute Gasteiger partial charge is 0.270 e. The lowest BCUT2D eigenvalue weighted by atomic mass is 9.88. The number of rotatable bonds is 7. The van der Waals surface area contributed by atoms with Gasteiger partial charge in [-0.05, 0) is 66.4 Å². The van der Waals surface area contributed by atoms with E-state index < -0.39 is 6.10 Å². The summed E-state index contributed by atoms with van der Waals surface area (Å²) in [6, 6.07) is 22.9. The van der Waals surface area contributed by atoms with Crippen LogP contribution in [0.5, 0.6) is 5.75 Å². The van der Waals surface area contributed by atoms with Crippen LogP contribution in [-0.4, -0.2) is 84.4 Å². The van der Waals surface area contributed by atoms with Crippen LogP contribution in [0.15, 0.2) is 66.7 Å². The molecule has 38 heavy (non-hydrogen) atoms. The highest BCUT2D eigenvalue weighted by atomic mass is 16.5. The maximum atomic E-state index is 12.9. The minimum atomic E-state index is -0.587. The van der Waals surface area contributed by atoms with Crippen molar-refractivity contribution in [3.8, 4) is 5.75 Å². The Balaban J connectivity index is 1.02. The number of aromatic nitrogens is 1. The molecule has 2 aliphatic rings. The van der Waals surface area contributed by atoms with Gasteiger partial charge in [-0.1, -0.05) is 48.5 Å². The zero-order valence-electron chi connectivity index (χ0n) is 21.6. The Morgan fingerprint density at radius 1 is 0.974 bits per heavy atom. The summed E-state index contributed by atoms with van der Waals surface area (Å²) in [6.45, 7) is 5.07. The molecule has 1 amide bonds. The predicted molar refractivity (Wildman–Crippen MR) is 149 cm³/mol. The van der Waals surface area contributed by atoms with Crippen LogP contribution < -0.4 is 4.74 Å². The summed E-state index contributed by atoms with van der Waals surface area (Å²) >= 11 is 0. The average molecular weight is 514 g/mol. The van der Waals surface area contributed by atoms with E-state index in [1.807, 2.05) is 29.2 Å². The fraction of sp³-hybridized carbons (Fsp3) is 0.387. The zero-order valence-corrected chi connectivity index (χ0v) is 21.6. The molecule has 2 saturated heterocycles. The number of hydrogen-bond donors (Lipinski definition) is 2. The van der Waals surface area contributed by atoms with Gasteiger partial charge in [-0.15, -0.1) is 0 Å². The van der Waals surface area contributed by atoms with Crippen molar-refractivity contribution in [3.05, 3.63) is 78.0 Å². The number of β-amino-alcohol motifs (C(OH)–C–C–N with tert-alkyl or cyclic N) is 1. The van der Waals surface area contributed by atoms with Crippen molar-refractivity contribution >= 4 is 27.6 Å². The van der Waals surface area contributed by atoms with E-state index in [0.29, 0.717) is 50.2 Å². The highest BCUT2D eigenvalue weighted by Crippen LogP contribution is 2.31. The molecule has 1 aromatic heterocycles. The van der Waals surface area contributed by atoms with E-state index in [1.165, 1.54) is 16.3 Å². The largest absolute Gasteiger partial charge is 0.490 e. The summed E-state index contributed by atoms with van der Waals surface area (Å²) in [4.78, 5) is 20.3. The van der Waals surface area contributed by atoms with Crippen LogP contribution >= 0.6 is 0 Å². The number of carbonyl (C=O) groups is 1. The second-order valence-electron chi connectivity index (χ2n) is 10.5. The van der Waals surface area contributed by atoms with E-state index in [9.17, 15) is 9.90 Å². The third-order valence-corrected chi connectivity index (χ3v) is 7.89. The van der Waals surface area contributed by atoms with Crippen molar-refractivity contribution in [3.63, 3.8) is 0 Å². The molecule has 0 unspecified atom stereocenters. The van der Waals surface area contributed by atoms with Gasteiger partial charge in [0.1, 0.15) is 24.2 Å². The third-order valence-electron chi connectivity index (χ3n) is 7.89. The first-order chi connectivity index (χ1) is 18.6. The van der Waals surface area contributed by atoms with Crippen molar-refractivity contribution in [2.75, 3.05) is 52.5 Å². The lowest BCUT2D eigenvalue weighted by Gasteiger charge is -2.33. The van der Waals surface area contributed by atoms with E-state index in [1.54, 1.807) is 0 Å². The van der Waals surface area contributed by atoms with E-state index in [0.717, 1.165) is 36.8 Å². The number of ether oxygens (including phenoxy) is 2. The molecule has 3 aromatic carbocycles. The number of aliphatic hydroxyl groups is 1. The normalized spacial score (nSPS) is 18.2. The number of hydrogen-bond acceptors (Lipinski definition) is 5. The topological polar surface area (TPSA) is 78.0 Å². The number of amides is 1. The molecular weight excluding hydrogens is 478 g/mol. The number of aromatic amines is 1. The van der Waals surface area contributed by atoms with Crippen LogP contribution in [-0.2, 0) is 4.74 Å². The van der Waals surface area contributed by atoms with Gasteiger partial charge >= 0.3 is 0 Å². The molecule has 0 radical (unpaired) electrons. The van der Waals surface area contributed by atoms with Gasteiger partial charge < -0.3 is 29.4 Å². The van der Waals surface area contributed by atoms with Gasteiger partial charge in [-0.2, -0.15) is 0 Å². The summed E-state index contributed by atoms with van der Waals surface area (Å²) in [5.74, 6) is 1.21. The number of aliphatic hydroxyl groups excluding tert-OH is 1. The number of morpholine rings is 1. The minimum Gasteiger partial charge on any atom is -0.490 e. The van der Waals surface area contributed by atoms with E-state index >= 15 is 0 Å². The van der Waals surface area contributed by atoms with Gasteiger partial charge in [0.15, 0.2) is 0 Å². The SMILES string of the molecule is O=C(c1cc2c(OC[C@@H](O)CN3CCC(c4ccc5ccccc5c4)CC3)cccc2[nH]1)N1CCOCC1. The Morgan fingerprint density at radius 2 is 1.76 bits per heavy atom. The Labute approximate surface area is 222 Å². The summed E-state index contributed by atoms with van der Waals surface area (Å²) in [6.07, 6.45) is 1.60. The van der Waals surface area contributed by atoms with Crippen LogP contribution in [0.1, 0.15) is 34.8 Å². The van der Waals surface area contributed by atoms with Gasteiger partial charge in [-0.25, -0.2) is 0 Å². The maximum Gasteiger partial charge on any atom is 0.270 e. The Hall–Kier alpha value is -3.39. The van der Waals surface area contributed by atoms with Gasteiger partial charge in [-0.3, -0.25) is 4.79 Å². The fourth-order valence-corrected chi connectivity index (χ4v) is 5.75. The van der Waals surface area contributed by atoms with Crippen molar-refractivity contribution in [1.29, 1.82) is 0 Å². The van der Waals surface area contributed by atoms with Crippen LogP contribution in [0.3, 0.4) is 0 Å². The predicted octanol–water partition coefficient (Wildman–Crippen LogP) is 4.41. The van der Waals surface area contributed by atoms with Crippen LogP contribution in [0.4, 0.5) is 0 Å². The monoisotopic (exact) mass is 513 g/mol. The molecule has 0 spiro atoms. The molecule has 3 heterocycles. The first-order valence-corrected chi connectivity index (χ1v) is 13.6. The number of fused-ring (bicyclic) bond motifs is 2. The number of benzene rings is 3. The van der Waals surface area contributed by atoms with E-state index in [4.69, 9.17) is 9.47 Å². The lowest BCUT2D eigenvalue weighted by Crippen LogP contribution is -2.40. The molecule has 2 aliphatic heterocycles. The Bertz CT molecular complexity index is 1400. The summed E-state index contributed by atoms with van der Waals surface area (Å²) in [5.41, 5.74) is 2.82. The molecule has 6 rings (SSSR count). The summed E-state index contributed by atoms with van der Waals surface area (Å²) in [5, 5.41) is 14.2. The third kappa shape index (κ3) is 5.41. The zero-order chi connectivity index (χ0) is 25.9. The highest BCUT2D eigenvalue weighted by molar-refractivity contribution is 5.99. The molecule has 2 fully saturated rings. The standard InChI is InChI=1S/C31H35N3O4/c35-26(20-33-12-10-23(11-13-33)25-9-8-22-4-1-2-5-24(22)18-25)21-38-30-7-3-6-28-27(30)19-29(32-28)31(36)34-14-16-37-17-15-34/h1-9,18-19,23,26,32,35H,10-17,20-21H2/t26-/m0/s1. The Morgan fingerprint density at radius 3 is 2.58 bits per heavy atom. The molecular formula is C31H35N3O4. The van der Waals surface area contributed by atoms with E-state index in [-0.39, 0.29) is 12.5 Å². The molecule has 198 valence electrons. The number of H-pyrrole nitrogens is 1. The summed E-state index contributed by atoms with van der Waals surface area (Å²) < 4.78 is 11.4. The van der Waals surface area contributed by atoms with Gasteiger partial charge in [0.25, 0.3) is 5.91 Å². The molecule has 1 atom stereocenters. The first-order valence-electron chi connectivity index (χ1n) is 13.6. The number of nitrogens with zero attached hydrogens (tertiary/aromatic N) is 2. The van der Waals surface area contributed by atoms with Crippen molar-refractivity contribution in [1.82, 2.24) is 14.8 Å². The Kier molecular flexibility index (Phi) is 7.31. The minimum absolute atomic E-state index is 0.0254. The number of likely N-dealkylation sites (tertiary alicyclic amines) is 1. The van der Waals surface area contributed by atoms with Crippen molar-refractivity contribution in [2.24, 2.45) is 0 Å². The molecule has 7 heteroatoms. The van der Waals surface area contributed by atoms with Crippen molar-refractivity contribution in [2.45, 2.75) is 24.9 Å². The highest BCUT2D eigenvalue weighted by Gasteiger charge is 2.24. The lowest BCUT2D eigenvalue weighted by molar-refractivity contribution is 0.0299. The molecule has 0 bridgehead atoms. The molecule has 0 aliphatic carbocycles. The number of piperidine rings is 1. The number of nitrogens with one attached hydrogen (secondary N) is 1. The fourth-order valence-electron chi connectivity index (χ4n) is 5.75. The molecule has 7 nitrogen and oxygen atoms in total. The van der Waals surface area contributed by atoms with Gasteiger partial charge in [0, 0.05) is 30.5 Å². The average Bonchev–Trinajstić information content (AvgIpc) is 3.41.